The lowest BCUT2D eigenvalue weighted by Crippen LogP contribution is -2.36. The summed E-state index contributed by atoms with van der Waals surface area (Å²) < 4.78 is 18.6. The maximum absolute atomic E-state index is 13.3. The van der Waals surface area contributed by atoms with Crippen LogP contribution in [0.4, 0.5) is 9.52 Å². The predicted octanol–water partition coefficient (Wildman–Crippen LogP) is 2.69. The molecule has 0 radical (unpaired) electrons. The Morgan fingerprint density at radius 2 is 2.15 bits per heavy atom. The third-order valence-electron chi connectivity index (χ3n) is 3.47. The average molecular weight is 318 g/mol. The lowest BCUT2D eigenvalue weighted by molar-refractivity contribution is 0.122. The quantitative estimate of drug-likeness (QED) is 0.857. The van der Waals surface area contributed by atoms with Crippen LogP contribution in [0.15, 0.2) is 11.9 Å². The molecule has 1 aromatic rings. The molecule has 2 aliphatic rings. The van der Waals surface area contributed by atoms with Crippen molar-refractivity contribution in [2.24, 2.45) is 0 Å². The summed E-state index contributed by atoms with van der Waals surface area (Å²) in [6, 6.07) is 0. The van der Waals surface area contributed by atoms with E-state index >= 15 is 0 Å². The van der Waals surface area contributed by atoms with Crippen LogP contribution in [0, 0.1) is 0 Å². The summed E-state index contributed by atoms with van der Waals surface area (Å²) in [5.74, 6) is -0.0507. The van der Waals surface area contributed by atoms with E-state index in [1.807, 2.05) is 0 Å². The molecule has 0 spiro atoms. The lowest BCUT2D eigenvalue weighted by Gasteiger charge is -2.26. The van der Waals surface area contributed by atoms with Gasteiger partial charge in [0.25, 0.3) is 0 Å². The highest BCUT2D eigenvalue weighted by Crippen LogP contribution is 2.31. The molecule has 0 saturated carbocycles. The minimum Gasteiger partial charge on any atom is -0.378 e. The molecule has 0 bridgehead atoms. The third kappa shape index (κ3) is 3.31. The molecule has 0 amide bonds. The second-order valence-electron chi connectivity index (χ2n) is 4.96. The Labute approximate surface area is 126 Å². The van der Waals surface area contributed by atoms with E-state index in [2.05, 4.69) is 14.8 Å². The molecule has 7 heteroatoms. The van der Waals surface area contributed by atoms with Gasteiger partial charge in [-0.15, -0.1) is 0 Å². The van der Waals surface area contributed by atoms with Gasteiger partial charge in [-0.2, -0.15) is 0 Å². The smallest absolute Gasteiger partial charge is 0.187 e. The van der Waals surface area contributed by atoms with Gasteiger partial charge in [-0.3, -0.25) is 4.90 Å². The predicted molar refractivity (Wildman–Crippen MR) is 79.2 cm³/mol. The summed E-state index contributed by atoms with van der Waals surface area (Å²) >= 11 is 7.83. The van der Waals surface area contributed by atoms with Crippen molar-refractivity contribution in [2.75, 3.05) is 44.3 Å². The first-order valence-electron chi connectivity index (χ1n) is 6.77. The molecular formula is C13H17ClFN3OS. The molecule has 0 atom stereocenters. The van der Waals surface area contributed by atoms with Crippen LogP contribution in [0.1, 0.15) is 11.3 Å². The Hall–Kier alpha value is -0.690. The maximum atomic E-state index is 13.3. The molecular weight excluding hydrogens is 301 g/mol. The highest BCUT2D eigenvalue weighted by Gasteiger charge is 2.20. The average Bonchev–Trinajstić information content (AvgIpc) is 2.81. The summed E-state index contributed by atoms with van der Waals surface area (Å²) in [6.45, 7) is 5.08. The van der Waals surface area contributed by atoms with Crippen LogP contribution in [0.3, 0.4) is 0 Å². The summed E-state index contributed by atoms with van der Waals surface area (Å²) in [4.78, 5) is 9.72. The standard InChI is InChI=1S/C13H17ClFN3OS/c14-12-11(9-17-3-1-2-10(15)8-17)20-13(16-12)18-4-6-19-7-5-18/h2H,1,3-9H2. The van der Waals surface area contributed by atoms with Gasteiger partial charge in [0.05, 0.1) is 24.6 Å². The molecule has 3 rings (SSSR count). The molecule has 3 heterocycles. The molecule has 4 nitrogen and oxygen atoms in total. The number of ether oxygens (including phenoxy) is 1. The van der Waals surface area contributed by atoms with Crippen LogP contribution in [0.2, 0.25) is 5.15 Å². The molecule has 0 aliphatic carbocycles. The molecule has 0 unspecified atom stereocenters. The highest BCUT2D eigenvalue weighted by atomic mass is 35.5. The number of nitrogens with zero attached hydrogens (tertiary/aromatic N) is 3. The van der Waals surface area contributed by atoms with Crippen molar-refractivity contribution in [2.45, 2.75) is 13.0 Å². The topological polar surface area (TPSA) is 28.6 Å². The van der Waals surface area contributed by atoms with E-state index < -0.39 is 0 Å². The number of anilines is 1. The van der Waals surface area contributed by atoms with Gasteiger partial charge in [0.2, 0.25) is 0 Å². The van der Waals surface area contributed by atoms with Crippen molar-refractivity contribution in [3.05, 3.63) is 21.9 Å². The van der Waals surface area contributed by atoms with Crippen LogP contribution in [-0.2, 0) is 11.3 Å². The number of hydrogen-bond donors (Lipinski definition) is 0. The van der Waals surface area contributed by atoms with E-state index in [0.29, 0.717) is 18.2 Å². The van der Waals surface area contributed by atoms with Gasteiger partial charge >= 0.3 is 0 Å². The van der Waals surface area contributed by atoms with Crippen LogP contribution >= 0.6 is 22.9 Å². The first-order chi connectivity index (χ1) is 9.72. The van der Waals surface area contributed by atoms with Gasteiger partial charge in [0.1, 0.15) is 11.0 Å². The van der Waals surface area contributed by atoms with Gasteiger partial charge in [-0.1, -0.05) is 29.0 Å². The number of morpholine rings is 1. The van der Waals surface area contributed by atoms with Gasteiger partial charge in [0, 0.05) is 26.2 Å². The molecule has 1 fully saturated rings. The molecule has 110 valence electrons. The Morgan fingerprint density at radius 3 is 2.90 bits per heavy atom. The fraction of sp³-hybridized carbons (Fsp3) is 0.615. The third-order valence-corrected chi connectivity index (χ3v) is 5.00. The second kappa shape index (κ2) is 6.39. The second-order valence-corrected chi connectivity index (χ2v) is 6.38. The van der Waals surface area contributed by atoms with Crippen molar-refractivity contribution < 1.29 is 9.13 Å². The fourth-order valence-corrected chi connectivity index (χ4v) is 3.76. The largest absolute Gasteiger partial charge is 0.378 e. The molecule has 20 heavy (non-hydrogen) atoms. The summed E-state index contributed by atoms with van der Waals surface area (Å²) in [5.41, 5.74) is 0. The van der Waals surface area contributed by atoms with Crippen molar-refractivity contribution in [3.8, 4) is 0 Å². The molecule has 1 aromatic heterocycles. The van der Waals surface area contributed by atoms with Crippen LogP contribution in [-0.4, -0.2) is 49.3 Å². The first kappa shape index (κ1) is 14.3. The van der Waals surface area contributed by atoms with E-state index in [9.17, 15) is 4.39 Å². The zero-order valence-corrected chi connectivity index (χ0v) is 12.7. The van der Waals surface area contributed by atoms with E-state index in [4.69, 9.17) is 16.3 Å². The summed E-state index contributed by atoms with van der Waals surface area (Å²) in [7, 11) is 0. The van der Waals surface area contributed by atoms with Crippen LogP contribution < -0.4 is 4.90 Å². The highest BCUT2D eigenvalue weighted by molar-refractivity contribution is 7.16. The van der Waals surface area contributed by atoms with E-state index in [-0.39, 0.29) is 5.83 Å². The monoisotopic (exact) mass is 317 g/mol. The normalized spacial score (nSPS) is 21.1. The number of hydrogen-bond acceptors (Lipinski definition) is 5. The Balaban J connectivity index is 1.67. The van der Waals surface area contributed by atoms with Gasteiger partial charge in [0.15, 0.2) is 5.13 Å². The summed E-state index contributed by atoms with van der Waals surface area (Å²) in [6.07, 6.45) is 2.42. The molecule has 0 aromatic carbocycles. The minimum absolute atomic E-state index is 0.0507. The zero-order chi connectivity index (χ0) is 13.9. The van der Waals surface area contributed by atoms with Crippen LogP contribution in [0.25, 0.3) is 0 Å². The Morgan fingerprint density at radius 1 is 1.35 bits per heavy atom. The number of thiazole rings is 1. The Bertz CT molecular complexity index is 502. The van der Waals surface area contributed by atoms with Crippen molar-refractivity contribution >= 4 is 28.1 Å². The number of halogens is 2. The molecule has 0 N–H and O–H groups in total. The van der Waals surface area contributed by atoms with E-state index in [0.717, 1.165) is 49.3 Å². The molecule has 1 saturated heterocycles. The first-order valence-corrected chi connectivity index (χ1v) is 7.96. The van der Waals surface area contributed by atoms with E-state index in [1.54, 1.807) is 17.4 Å². The van der Waals surface area contributed by atoms with E-state index in [1.165, 1.54) is 0 Å². The lowest BCUT2D eigenvalue weighted by atomic mass is 10.2. The number of rotatable bonds is 3. The van der Waals surface area contributed by atoms with Gasteiger partial charge < -0.3 is 9.64 Å². The zero-order valence-electron chi connectivity index (χ0n) is 11.1. The van der Waals surface area contributed by atoms with Gasteiger partial charge in [-0.25, -0.2) is 9.37 Å². The molecule has 2 aliphatic heterocycles. The number of aromatic nitrogens is 1. The van der Waals surface area contributed by atoms with Crippen molar-refractivity contribution in [1.29, 1.82) is 0 Å². The fourth-order valence-electron chi connectivity index (χ4n) is 2.41. The Kier molecular flexibility index (Phi) is 4.55. The maximum Gasteiger partial charge on any atom is 0.187 e. The van der Waals surface area contributed by atoms with Gasteiger partial charge in [-0.05, 0) is 6.42 Å². The SMILES string of the molecule is FC1=CCCN(Cc2sc(N3CCOCC3)nc2Cl)C1. The van der Waals surface area contributed by atoms with Crippen molar-refractivity contribution in [1.82, 2.24) is 9.88 Å². The van der Waals surface area contributed by atoms with Crippen molar-refractivity contribution in [3.63, 3.8) is 0 Å². The minimum atomic E-state index is -0.0507. The van der Waals surface area contributed by atoms with Crippen LogP contribution in [0.5, 0.6) is 0 Å². The summed E-state index contributed by atoms with van der Waals surface area (Å²) in [5, 5.41) is 1.49.